The van der Waals surface area contributed by atoms with Crippen LogP contribution in [0.3, 0.4) is 0 Å². The number of hydrogen-bond donors (Lipinski definition) is 1. The van der Waals surface area contributed by atoms with Crippen LogP contribution in [0.4, 0.5) is 17.1 Å². The number of anilines is 1. The van der Waals surface area contributed by atoms with Crippen molar-refractivity contribution in [3.63, 3.8) is 0 Å². The van der Waals surface area contributed by atoms with Gasteiger partial charge in [-0.25, -0.2) is 14.6 Å². The van der Waals surface area contributed by atoms with E-state index in [4.69, 9.17) is 11.3 Å². The van der Waals surface area contributed by atoms with E-state index in [0.717, 1.165) is 38.8 Å². The summed E-state index contributed by atoms with van der Waals surface area (Å²) < 4.78 is 7.49. The number of benzene rings is 1. The van der Waals surface area contributed by atoms with Gasteiger partial charge in [0.15, 0.2) is 11.5 Å². The topological polar surface area (TPSA) is 110 Å². The van der Waals surface area contributed by atoms with Gasteiger partial charge in [-0.3, -0.25) is 19.7 Å². The first-order valence-electron chi connectivity index (χ1n) is 13.4. The summed E-state index contributed by atoms with van der Waals surface area (Å²) in [5.74, 6) is 1.33. The lowest BCUT2D eigenvalue weighted by molar-refractivity contribution is -0.384. The van der Waals surface area contributed by atoms with Crippen LogP contribution in [-0.2, 0) is 4.74 Å². The molecule has 2 aromatic heterocycles. The Morgan fingerprint density at radius 3 is 2.61 bits per heavy atom. The maximum Gasteiger partial charge on any atom is 0.331 e. The number of H-pyrrole nitrogens is 1. The van der Waals surface area contributed by atoms with E-state index in [-0.39, 0.29) is 45.4 Å². The van der Waals surface area contributed by atoms with Gasteiger partial charge in [0.25, 0.3) is 5.69 Å². The summed E-state index contributed by atoms with van der Waals surface area (Å²) in [4.78, 5) is 35.2. The van der Waals surface area contributed by atoms with Crippen molar-refractivity contribution in [1.29, 1.82) is 0 Å². The van der Waals surface area contributed by atoms with Crippen LogP contribution in [0, 0.1) is 40.4 Å². The van der Waals surface area contributed by atoms with E-state index in [1.54, 1.807) is 12.1 Å². The van der Waals surface area contributed by atoms with Crippen molar-refractivity contribution in [3.8, 4) is 11.4 Å². The fourth-order valence-corrected chi connectivity index (χ4v) is 6.43. The fraction of sp³-hybridized carbons (Fsp3) is 0.536. The first-order valence-corrected chi connectivity index (χ1v) is 13.4. The predicted octanol–water partition coefficient (Wildman–Crippen LogP) is 6.25. The number of nitrogens with zero attached hydrogens (tertiary/aromatic N) is 5. The van der Waals surface area contributed by atoms with Gasteiger partial charge in [-0.15, -0.1) is 0 Å². The lowest BCUT2D eigenvalue weighted by Gasteiger charge is -2.37. The van der Waals surface area contributed by atoms with E-state index >= 15 is 0 Å². The maximum atomic E-state index is 13.3. The number of piperidine rings is 1. The zero-order valence-corrected chi connectivity index (χ0v) is 22.3. The van der Waals surface area contributed by atoms with Gasteiger partial charge in [0.05, 0.1) is 11.5 Å². The highest BCUT2D eigenvalue weighted by atomic mass is 16.6. The number of hydrogen-bond acceptors (Lipinski definition) is 6. The number of esters is 1. The molecule has 38 heavy (non-hydrogen) atoms. The molecular weight excluding hydrogens is 484 g/mol. The molecule has 3 unspecified atom stereocenters. The third-order valence-electron chi connectivity index (χ3n) is 8.08. The highest BCUT2D eigenvalue weighted by Gasteiger charge is 2.36. The fourth-order valence-electron chi connectivity index (χ4n) is 6.43. The third kappa shape index (κ3) is 4.73. The van der Waals surface area contributed by atoms with Gasteiger partial charge < -0.3 is 9.64 Å². The van der Waals surface area contributed by atoms with E-state index < -0.39 is 5.97 Å². The molecule has 5 rings (SSSR count). The van der Waals surface area contributed by atoms with Crippen LogP contribution in [0.25, 0.3) is 21.9 Å². The molecule has 0 spiro atoms. The van der Waals surface area contributed by atoms with Gasteiger partial charge >= 0.3 is 5.97 Å². The van der Waals surface area contributed by atoms with Gasteiger partial charge in [0, 0.05) is 30.9 Å². The average molecular weight is 519 g/mol. The normalized spacial score (nSPS) is 25.8. The molecule has 200 valence electrons. The minimum absolute atomic E-state index is 0.0219. The molecule has 1 aromatic carbocycles. The van der Waals surface area contributed by atoms with Crippen molar-refractivity contribution in [3.05, 3.63) is 51.5 Å². The number of nitro groups is 1. The predicted molar refractivity (Wildman–Crippen MR) is 144 cm³/mol. The van der Waals surface area contributed by atoms with Crippen LogP contribution in [-0.4, -0.2) is 44.7 Å². The Bertz CT molecular complexity index is 1410. The molecule has 3 heterocycles. The van der Waals surface area contributed by atoms with E-state index in [0.29, 0.717) is 28.9 Å². The minimum Gasteiger partial charge on any atom is -0.459 e. The number of rotatable bonds is 5. The standard InChI is InChI=1S/C28H34N6O4/c1-16-7-6-10-32(14-16)22-9-8-20(13-23(22)34(36)37)26-30-27-24(21(29-5)15-33(27)31-26)28(35)38-25-18(3)11-17(2)12-19(25)4/h8-9,13,15-19,25H,6-7,10-12,14H2,1-4H3,(H,30,31). The van der Waals surface area contributed by atoms with Crippen LogP contribution in [0.5, 0.6) is 0 Å². The molecule has 0 amide bonds. The maximum absolute atomic E-state index is 13.3. The number of carbonyl (C=O) groups excluding carboxylic acids is 1. The molecule has 0 radical (unpaired) electrons. The smallest absolute Gasteiger partial charge is 0.331 e. The SMILES string of the molecule is [C-]#[N+]c1cn2[nH]c(-c3ccc(N4CCCC(C)C4)c([N+](=O)[O-])c3)nc2c1C(=O)OC1C(C)CC(C)CC1C. The molecular formula is C28H34N6O4. The first-order chi connectivity index (χ1) is 18.2. The molecule has 2 fully saturated rings. The van der Waals surface area contributed by atoms with Crippen molar-refractivity contribution in [2.75, 3.05) is 18.0 Å². The highest BCUT2D eigenvalue weighted by molar-refractivity contribution is 6.03. The van der Waals surface area contributed by atoms with Gasteiger partial charge in [0.2, 0.25) is 5.69 Å². The van der Waals surface area contributed by atoms with Crippen LogP contribution >= 0.6 is 0 Å². The van der Waals surface area contributed by atoms with E-state index in [1.807, 2.05) is 0 Å². The summed E-state index contributed by atoms with van der Waals surface area (Å²) in [5.41, 5.74) is 1.71. The molecule has 1 aliphatic carbocycles. The molecule has 3 aromatic rings. The summed E-state index contributed by atoms with van der Waals surface area (Å²) in [6, 6.07) is 5.10. The minimum atomic E-state index is -0.560. The van der Waals surface area contributed by atoms with Gasteiger partial charge in [-0.1, -0.05) is 27.7 Å². The number of nitro benzene ring substituents is 1. The molecule has 1 N–H and O–H groups in total. The summed E-state index contributed by atoms with van der Waals surface area (Å²) in [7, 11) is 0. The Morgan fingerprint density at radius 1 is 1.21 bits per heavy atom. The van der Waals surface area contributed by atoms with Crippen molar-refractivity contribution < 1.29 is 14.5 Å². The molecule has 2 aliphatic rings. The summed E-state index contributed by atoms with van der Waals surface area (Å²) in [6.07, 6.45) is 5.39. The Morgan fingerprint density at radius 2 is 1.95 bits per heavy atom. The molecule has 1 aliphatic heterocycles. The highest BCUT2D eigenvalue weighted by Crippen LogP contribution is 2.38. The van der Waals surface area contributed by atoms with E-state index in [9.17, 15) is 14.9 Å². The van der Waals surface area contributed by atoms with Crippen LogP contribution in [0.1, 0.15) is 63.7 Å². The third-order valence-corrected chi connectivity index (χ3v) is 8.08. The number of ether oxygens (including phenoxy) is 1. The molecule has 1 saturated heterocycles. The lowest BCUT2D eigenvalue weighted by Crippen LogP contribution is -2.37. The number of nitrogens with one attached hydrogen (secondary N) is 1. The zero-order valence-electron chi connectivity index (χ0n) is 22.3. The lowest BCUT2D eigenvalue weighted by atomic mass is 9.75. The second-order valence-corrected chi connectivity index (χ2v) is 11.3. The number of fused-ring (bicyclic) bond motifs is 1. The Labute approximate surface area is 221 Å². The summed E-state index contributed by atoms with van der Waals surface area (Å²) in [5, 5.41) is 15.1. The Hall–Kier alpha value is -3.87. The van der Waals surface area contributed by atoms with Crippen LogP contribution in [0.2, 0.25) is 0 Å². The van der Waals surface area contributed by atoms with Crippen molar-refractivity contribution >= 4 is 28.7 Å². The van der Waals surface area contributed by atoms with Gasteiger partial charge in [-0.2, -0.15) is 0 Å². The zero-order chi connectivity index (χ0) is 27.1. The van der Waals surface area contributed by atoms with Crippen molar-refractivity contribution in [2.45, 2.75) is 59.5 Å². The second kappa shape index (κ2) is 10.1. The van der Waals surface area contributed by atoms with Gasteiger partial charge in [-0.05, 0) is 61.5 Å². The van der Waals surface area contributed by atoms with Crippen LogP contribution < -0.4 is 4.90 Å². The molecule has 3 atom stereocenters. The second-order valence-electron chi connectivity index (χ2n) is 11.3. The Balaban J connectivity index is 1.47. The summed E-state index contributed by atoms with van der Waals surface area (Å²) in [6.45, 7) is 17.7. The number of carbonyl (C=O) groups is 1. The number of aromatic nitrogens is 3. The molecule has 10 nitrogen and oxygen atoms in total. The molecule has 1 saturated carbocycles. The van der Waals surface area contributed by atoms with Crippen LogP contribution in [0.15, 0.2) is 24.4 Å². The molecule has 0 bridgehead atoms. The van der Waals surface area contributed by atoms with E-state index in [1.165, 1.54) is 16.8 Å². The number of aromatic amines is 1. The largest absolute Gasteiger partial charge is 0.459 e. The van der Waals surface area contributed by atoms with Gasteiger partial charge in [0.1, 0.15) is 17.4 Å². The Kier molecular flexibility index (Phi) is 6.86. The summed E-state index contributed by atoms with van der Waals surface area (Å²) >= 11 is 0. The first kappa shape index (κ1) is 25.8. The van der Waals surface area contributed by atoms with Crippen molar-refractivity contribution in [2.24, 2.45) is 23.7 Å². The van der Waals surface area contributed by atoms with E-state index in [2.05, 4.69) is 47.5 Å². The molecule has 10 heteroatoms. The quantitative estimate of drug-likeness (QED) is 0.185. The monoisotopic (exact) mass is 518 g/mol. The average Bonchev–Trinajstić information content (AvgIpc) is 3.43. The van der Waals surface area contributed by atoms with Crippen molar-refractivity contribution in [1.82, 2.24) is 14.6 Å².